The highest BCUT2D eigenvalue weighted by Gasteiger charge is 2.35. The number of aliphatic hydroxyl groups excluding tert-OH is 2. The van der Waals surface area contributed by atoms with Gasteiger partial charge in [-0.3, -0.25) is 0 Å². The lowest BCUT2D eigenvalue weighted by Crippen LogP contribution is -2.26. The lowest BCUT2D eigenvalue weighted by Gasteiger charge is -2.18. The second kappa shape index (κ2) is 4.38. The smallest absolute Gasteiger partial charge is 0.101 e. The standard InChI is InChI=1S/C12H12Cl2N2O2/c13-6-3-8-10(4-7(6)14)16(5-15-8)9-1-2-11(17)12(9)18/h3-5,9,11-12,17-18H,1-2H2. The maximum absolute atomic E-state index is 9.95. The van der Waals surface area contributed by atoms with Crippen LogP contribution in [0.25, 0.3) is 11.0 Å². The third kappa shape index (κ3) is 1.80. The van der Waals surface area contributed by atoms with Gasteiger partial charge < -0.3 is 14.8 Å². The molecule has 3 rings (SSSR count). The van der Waals surface area contributed by atoms with Gasteiger partial charge in [0.05, 0.1) is 39.6 Å². The maximum Gasteiger partial charge on any atom is 0.101 e. The summed E-state index contributed by atoms with van der Waals surface area (Å²) in [5.74, 6) is 0. The van der Waals surface area contributed by atoms with Crippen LogP contribution in [0.3, 0.4) is 0 Å². The molecule has 1 aliphatic carbocycles. The third-order valence-corrected chi connectivity index (χ3v) is 4.24. The minimum Gasteiger partial charge on any atom is -0.390 e. The van der Waals surface area contributed by atoms with Crippen LogP contribution in [0.15, 0.2) is 18.5 Å². The van der Waals surface area contributed by atoms with Crippen molar-refractivity contribution in [2.24, 2.45) is 0 Å². The summed E-state index contributed by atoms with van der Waals surface area (Å²) in [5, 5.41) is 20.5. The van der Waals surface area contributed by atoms with Crippen LogP contribution in [0, 0.1) is 0 Å². The summed E-state index contributed by atoms with van der Waals surface area (Å²) >= 11 is 11.9. The molecule has 0 radical (unpaired) electrons. The van der Waals surface area contributed by atoms with E-state index >= 15 is 0 Å². The van der Waals surface area contributed by atoms with Crippen molar-refractivity contribution < 1.29 is 10.2 Å². The van der Waals surface area contributed by atoms with Gasteiger partial charge in [0.15, 0.2) is 0 Å². The van der Waals surface area contributed by atoms with Gasteiger partial charge in [-0.1, -0.05) is 23.2 Å². The highest BCUT2D eigenvalue weighted by atomic mass is 35.5. The number of rotatable bonds is 1. The van der Waals surface area contributed by atoms with E-state index < -0.39 is 12.2 Å². The molecular weight excluding hydrogens is 275 g/mol. The van der Waals surface area contributed by atoms with Crippen LogP contribution in [0.5, 0.6) is 0 Å². The number of fused-ring (bicyclic) bond motifs is 1. The van der Waals surface area contributed by atoms with Crippen molar-refractivity contribution >= 4 is 34.2 Å². The zero-order chi connectivity index (χ0) is 12.9. The van der Waals surface area contributed by atoms with Crippen LogP contribution < -0.4 is 0 Å². The summed E-state index contributed by atoms with van der Waals surface area (Å²) < 4.78 is 1.86. The van der Waals surface area contributed by atoms with Gasteiger partial charge in [0.1, 0.15) is 6.10 Å². The molecule has 1 aromatic carbocycles. The molecule has 1 heterocycles. The Morgan fingerprint density at radius 1 is 1.17 bits per heavy atom. The van der Waals surface area contributed by atoms with Crippen molar-refractivity contribution in [3.8, 4) is 0 Å². The number of benzene rings is 1. The lowest BCUT2D eigenvalue weighted by molar-refractivity contribution is 0.0242. The molecule has 0 bridgehead atoms. The van der Waals surface area contributed by atoms with E-state index in [4.69, 9.17) is 23.2 Å². The quantitative estimate of drug-likeness (QED) is 0.846. The summed E-state index contributed by atoms with van der Waals surface area (Å²) in [6.07, 6.45) is 1.52. The van der Waals surface area contributed by atoms with E-state index in [2.05, 4.69) is 4.98 Å². The van der Waals surface area contributed by atoms with E-state index in [0.29, 0.717) is 22.9 Å². The van der Waals surface area contributed by atoms with E-state index in [1.165, 1.54) is 0 Å². The van der Waals surface area contributed by atoms with Crippen molar-refractivity contribution in [3.05, 3.63) is 28.5 Å². The van der Waals surface area contributed by atoms with Gasteiger partial charge in [-0.05, 0) is 25.0 Å². The van der Waals surface area contributed by atoms with E-state index in [1.807, 2.05) is 4.57 Å². The zero-order valence-corrected chi connectivity index (χ0v) is 10.9. The lowest BCUT2D eigenvalue weighted by atomic mass is 10.2. The Hall–Kier alpha value is -0.810. The molecule has 3 unspecified atom stereocenters. The van der Waals surface area contributed by atoms with Crippen molar-refractivity contribution in [2.45, 2.75) is 31.1 Å². The minimum atomic E-state index is -0.767. The predicted octanol–water partition coefficient (Wildman–Crippen LogP) is 2.40. The molecule has 6 heteroatoms. The highest BCUT2D eigenvalue weighted by molar-refractivity contribution is 6.42. The monoisotopic (exact) mass is 286 g/mol. The molecule has 1 aliphatic rings. The van der Waals surface area contributed by atoms with Gasteiger partial charge in [-0.2, -0.15) is 0 Å². The number of hydrogen-bond donors (Lipinski definition) is 2. The fourth-order valence-electron chi connectivity index (χ4n) is 2.53. The van der Waals surface area contributed by atoms with Gasteiger partial charge in [0, 0.05) is 0 Å². The molecule has 2 aromatic rings. The first-order valence-electron chi connectivity index (χ1n) is 5.75. The molecule has 1 aromatic heterocycles. The van der Waals surface area contributed by atoms with Crippen LogP contribution in [0.2, 0.25) is 10.0 Å². The molecule has 0 spiro atoms. The Kier molecular flexibility index (Phi) is 2.98. The Labute approximate surface area is 114 Å². The first-order valence-corrected chi connectivity index (χ1v) is 6.51. The zero-order valence-electron chi connectivity index (χ0n) is 9.42. The molecule has 1 saturated carbocycles. The molecule has 1 fully saturated rings. The third-order valence-electron chi connectivity index (χ3n) is 3.52. The fraction of sp³-hybridized carbons (Fsp3) is 0.417. The number of nitrogens with zero attached hydrogens (tertiary/aromatic N) is 2. The largest absolute Gasteiger partial charge is 0.390 e. The van der Waals surface area contributed by atoms with E-state index in [0.717, 1.165) is 11.0 Å². The molecule has 18 heavy (non-hydrogen) atoms. The van der Waals surface area contributed by atoms with Crippen LogP contribution in [-0.2, 0) is 0 Å². The molecule has 4 nitrogen and oxygen atoms in total. The van der Waals surface area contributed by atoms with Crippen LogP contribution in [0.1, 0.15) is 18.9 Å². The SMILES string of the molecule is OC1CCC(n2cnc3cc(Cl)c(Cl)cc32)C1O. The van der Waals surface area contributed by atoms with E-state index in [9.17, 15) is 10.2 Å². The molecule has 3 atom stereocenters. The number of aromatic nitrogens is 2. The van der Waals surface area contributed by atoms with E-state index in [-0.39, 0.29) is 6.04 Å². The number of hydrogen-bond acceptors (Lipinski definition) is 3. The Morgan fingerprint density at radius 2 is 1.89 bits per heavy atom. The van der Waals surface area contributed by atoms with Gasteiger partial charge in [-0.25, -0.2) is 4.98 Å². The first-order chi connectivity index (χ1) is 8.58. The van der Waals surface area contributed by atoms with E-state index in [1.54, 1.807) is 18.5 Å². The predicted molar refractivity (Wildman–Crippen MR) is 70.0 cm³/mol. The highest BCUT2D eigenvalue weighted by Crippen LogP contribution is 2.35. The molecule has 0 aliphatic heterocycles. The maximum atomic E-state index is 9.95. The topological polar surface area (TPSA) is 58.3 Å². The summed E-state index contributed by atoms with van der Waals surface area (Å²) in [4.78, 5) is 4.25. The van der Waals surface area contributed by atoms with Crippen molar-refractivity contribution in [1.82, 2.24) is 9.55 Å². The summed E-state index contributed by atoms with van der Waals surface area (Å²) in [5.41, 5.74) is 1.56. The molecular formula is C12H12Cl2N2O2. The van der Waals surface area contributed by atoms with Crippen molar-refractivity contribution in [2.75, 3.05) is 0 Å². The van der Waals surface area contributed by atoms with Crippen molar-refractivity contribution in [3.63, 3.8) is 0 Å². The normalized spacial score (nSPS) is 28.1. The second-order valence-electron chi connectivity index (χ2n) is 4.61. The summed E-state index contributed by atoms with van der Waals surface area (Å²) in [7, 11) is 0. The van der Waals surface area contributed by atoms with Crippen LogP contribution in [0.4, 0.5) is 0 Å². The Morgan fingerprint density at radius 3 is 2.56 bits per heavy atom. The fourth-order valence-corrected chi connectivity index (χ4v) is 2.85. The van der Waals surface area contributed by atoms with Gasteiger partial charge >= 0.3 is 0 Å². The Balaban J connectivity index is 2.10. The minimum absolute atomic E-state index is 0.165. The summed E-state index contributed by atoms with van der Waals surface area (Å²) in [6, 6.07) is 3.28. The second-order valence-corrected chi connectivity index (χ2v) is 5.42. The molecule has 2 N–H and O–H groups in total. The average Bonchev–Trinajstić information content (AvgIpc) is 2.86. The first kappa shape index (κ1) is 12.2. The van der Waals surface area contributed by atoms with Gasteiger partial charge in [-0.15, -0.1) is 0 Å². The molecule has 0 amide bonds. The Bertz CT molecular complexity index is 599. The van der Waals surface area contributed by atoms with Crippen LogP contribution in [-0.4, -0.2) is 32.0 Å². The van der Waals surface area contributed by atoms with Crippen molar-refractivity contribution in [1.29, 1.82) is 0 Å². The number of imidazole rings is 1. The average molecular weight is 287 g/mol. The molecule has 96 valence electrons. The molecule has 0 saturated heterocycles. The summed E-state index contributed by atoms with van der Waals surface area (Å²) in [6.45, 7) is 0. The van der Waals surface area contributed by atoms with Crippen LogP contribution >= 0.6 is 23.2 Å². The van der Waals surface area contributed by atoms with Gasteiger partial charge in [0.2, 0.25) is 0 Å². The van der Waals surface area contributed by atoms with Gasteiger partial charge in [0.25, 0.3) is 0 Å². The number of halogens is 2. The number of aliphatic hydroxyl groups is 2.